The van der Waals surface area contributed by atoms with Gasteiger partial charge in [-0.3, -0.25) is 10.1 Å². The van der Waals surface area contributed by atoms with Crippen LogP contribution in [-0.4, -0.2) is 20.2 Å². The van der Waals surface area contributed by atoms with Gasteiger partial charge in [-0.05, 0) is 25.5 Å². The average molecular weight is 203 g/mol. The fraction of sp³-hybridized carbons (Fsp3) is 0.300. The van der Waals surface area contributed by atoms with Crippen LogP contribution in [0.3, 0.4) is 0 Å². The van der Waals surface area contributed by atoms with Crippen molar-refractivity contribution in [2.24, 2.45) is 5.73 Å². The molecule has 0 radical (unpaired) electrons. The zero-order chi connectivity index (χ0) is 10.8. The average Bonchev–Trinajstić information content (AvgIpc) is 2.67. The van der Waals surface area contributed by atoms with Crippen molar-refractivity contribution in [2.75, 3.05) is 0 Å². The third-order valence-corrected chi connectivity index (χ3v) is 2.20. The molecular formula is C10H13N5. The lowest BCUT2D eigenvalue weighted by Crippen LogP contribution is -2.06. The van der Waals surface area contributed by atoms with Crippen LogP contribution in [0.25, 0.3) is 11.4 Å². The van der Waals surface area contributed by atoms with E-state index in [1.807, 2.05) is 19.9 Å². The van der Waals surface area contributed by atoms with E-state index >= 15 is 0 Å². The molecule has 3 N–H and O–H groups in total. The highest BCUT2D eigenvalue weighted by Gasteiger charge is 2.10. The number of hydrogen-bond acceptors (Lipinski definition) is 4. The van der Waals surface area contributed by atoms with Gasteiger partial charge in [0.1, 0.15) is 5.82 Å². The van der Waals surface area contributed by atoms with Crippen LogP contribution in [0.1, 0.15) is 24.4 Å². The van der Waals surface area contributed by atoms with E-state index in [1.165, 1.54) is 0 Å². The molecule has 0 saturated carbocycles. The number of rotatable bonds is 2. The summed E-state index contributed by atoms with van der Waals surface area (Å²) in [5.74, 6) is 1.36. The summed E-state index contributed by atoms with van der Waals surface area (Å²) >= 11 is 0. The van der Waals surface area contributed by atoms with Crippen LogP contribution >= 0.6 is 0 Å². The number of nitrogens with zero attached hydrogens (tertiary/aromatic N) is 3. The van der Waals surface area contributed by atoms with Crippen molar-refractivity contribution in [3.05, 3.63) is 29.8 Å². The normalized spacial score (nSPS) is 12.7. The number of H-pyrrole nitrogens is 1. The van der Waals surface area contributed by atoms with Gasteiger partial charge in [0.2, 0.25) is 0 Å². The highest BCUT2D eigenvalue weighted by Crippen LogP contribution is 2.18. The maximum Gasteiger partial charge on any atom is 0.181 e. The third kappa shape index (κ3) is 1.87. The van der Waals surface area contributed by atoms with E-state index in [9.17, 15) is 0 Å². The quantitative estimate of drug-likeness (QED) is 0.768. The molecule has 0 amide bonds. The number of aromatic nitrogens is 4. The molecule has 2 heterocycles. The number of nitrogens with one attached hydrogen (secondary N) is 1. The van der Waals surface area contributed by atoms with Gasteiger partial charge in [-0.25, -0.2) is 4.98 Å². The maximum atomic E-state index is 5.70. The minimum absolute atomic E-state index is 0.131. The topological polar surface area (TPSA) is 80.5 Å². The molecule has 0 spiro atoms. The Morgan fingerprint density at radius 3 is 2.87 bits per heavy atom. The maximum absolute atomic E-state index is 5.70. The van der Waals surface area contributed by atoms with Crippen molar-refractivity contribution in [1.29, 1.82) is 0 Å². The van der Waals surface area contributed by atoms with Crippen LogP contribution in [0.15, 0.2) is 18.5 Å². The summed E-state index contributed by atoms with van der Waals surface area (Å²) in [5, 5.41) is 6.95. The summed E-state index contributed by atoms with van der Waals surface area (Å²) < 4.78 is 0. The van der Waals surface area contributed by atoms with Gasteiger partial charge in [-0.1, -0.05) is 0 Å². The zero-order valence-corrected chi connectivity index (χ0v) is 8.73. The van der Waals surface area contributed by atoms with Crippen LogP contribution in [0.5, 0.6) is 0 Å². The second-order valence-corrected chi connectivity index (χ2v) is 3.52. The summed E-state index contributed by atoms with van der Waals surface area (Å²) in [6, 6.07) is 1.76. The van der Waals surface area contributed by atoms with Crippen molar-refractivity contribution >= 4 is 0 Å². The first kappa shape index (κ1) is 9.79. The Hall–Kier alpha value is -1.75. The summed E-state index contributed by atoms with van der Waals surface area (Å²) in [4.78, 5) is 8.34. The lowest BCUT2D eigenvalue weighted by Gasteiger charge is -1.99. The molecule has 2 aromatic heterocycles. The Balaban J connectivity index is 2.42. The van der Waals surface area contributed by atoms with Crippen molar-refractivity contribution in [3.63, 3.8) is 0 Å². The van der Waals surface area contributed by atoms with Gasteiger partial charge in [0.25, 0.3) is 0 Å². The fourth-order valence-electron chi connectivity index (χ4n) is 1.32. The van der Waals surface area contributed by atoms with Gasteiger partial charge < -0.3 is 5.73 Å². The zero-order valence-electron chi connectivity index (χ0n) is 8.73. The van der Waals surface area contributed by atoms with Crippen LogP contribution in [0.2, 0.25) is 0 Å². The van der Waals surface area contributed by atoms with E-state index in [0.717, 1.165) is 11.1 Å². The third-order valence-electron chi connectivity index (χ3n) is 2.20. The molecule has 5 nitrogen and oxygen atoms in total. The molecule has 0 saturated heterocycles. The lowest BCUT2D eigenvalue weighted by atomic mass is 10.1. The molecule has 0 aliphatic rings. The van der Waals surface area contributed by atoms with Crippen LogP contribution in [-0.2, 0) is 0 Å². The summed E-state index contributed by atoms with van der Waals surface area (Å²) in [6.07, 6.45) is 3.52. The Bertz CT molecular complexity index is 460. The van der Waals surface area contributed by atoms with Crippen molar-refractivity contribution < 1.29 is 0 Å². The van der Waals surface area contributed by atoms with E-state index in [1.54, 1.807) is 12.4 Å². The van der Waals surface area contributed by atoms with Crippen molar-refractivity contribution in [2.45, 2.75) is 19.9 Å². The van der Waals surface area contributed by atoms with Crippen LogP contribution < -0.4 is 5.73 Å². The molecule has 1 unspecified atom stereocenters. The van der Waals surface area contributed by atoms with E-state index in [0.29, 0.717) is 11.6 Å². The van der Waals surface area contributed by atoms with Gasteiger partial charge in [-0.15, -0.1) is 0 Å². The lowest BCUT2D eigenvalue weighted by molar-refractivity contribution is 0.745. The van der Waals surface area contributed by atoms with Crippen LogP contribution in [0, 0.1) is 6.92 Å². The SMILES string of the molecule is Cc1cnccc1-c1n[nH]c(C(C)N)n1. The summed E-state index contributed by atoms with van der Waals surface area (Å²) in [5.41, 5.74) is 7.73. The largest absolute Gasteiger partial charge is 0.322 e. The molecule has 5 heteroatoms. The first-order valence-electron chi connectivity index (χ1n) is 4.77. The predicted octanol–water partition coefficient (Wildman–Crippen LogP) is 1.19. The highest BCUT2D eigenvalue weighted by atomic mass is 15.2. The smallest absolute Gasteiger partial charge is 0.181 e. The minimum atomic E-state index is -0.131. The Morgan fingerprint density at radius 2 is 2.27 bits per heavy atom. The van der Waals surface area contributed by atoms with E-state index in [4.69, 9.17) is 5.73 Å². The van der Waals surface area contributed by atoms with Crippen molar-refractivity contribution in [1.82, 2.24) is 20.2 Å². The number of hydrogen-bond donors (Lipinski definition) is 2. The monoisotopic (exact) mass is 203 g/mol. The van der Waals surface area contributed by atoms with Gasteiger partial charge in [0.05, 0.1) is 6.04 Å². The highest BCUT2D eigenvalue weighted by molar-refractivity contribution is 5.58. The molecule has 0 aromatic carbocycles. The molecule has 0 aliphatic carbocycles. The first-order valence-corrected chi connectivity index (χ1v) is 4.77. The summed E-state index contributed by atoms with van der Waals surface area (Å²) in [7, 11) is 0. The molecule has 2 rings (SSSR count). The predicted molar refractivity (Wildman–Crippen MR) is 57.0 cm³/mol. The molecule has 1 atom stereocenters. The first-order chi connectivity index (χ1) is 7.18. The second kappa shape index (κ2) is 3.78. The van der Waals surface area contributed by atoms with Gasteiger partial charge in [-0.2, -0.15) is 5.10 Å². The Kier molecular flexibility index (Phi) is 2.47. The Labute approximate surface area is 87.8 Å². The number of aryl methyl sites for hydroxylation is 1. The summed E-state index contributed by atoms with van der Waals surface area (Å²) in [6.45, 7) is 3.84. The molecule has 0 bridgehead atoms. The standard InChI is InChI=1S/C10H13N5/c1-6-5-12-4-3-8(6)10-13-9(7(2)11)14-15-10/h3-5,7H,11H2,1-2H3,(H,13,14,15). The van der Waals surface area contributed by atoms with Crippen molar-refractivity contribution in [3.8, 4) is 11.4 Å². The molecule has 15 heavy (non-hydrogen) atoms. The van der Waals surface area contributed by atoms with Gasteiger partial charge in [0, 0.05) is 18.0 Å². The number of nitrogens with two attached hydrogens (primary N) is 1. The fourth-order valence-corrected chi connectivity index (χ4v) is 1.32. The van der Waals surface area contributed by atoms with E-state index in [-0.39, 0.29) is 6.04 Å². The van der Waals surface area contributed by atoms with E-state index in [2.05, 4.69) is 20.2 Å². The van der Waals surface area contributed by atoms with Gasteiger partial charge >= 0.3 is 0 Å². The molecule has 78 valence electrons. The van der Waals surface area contributed by atoms with Gasteiger partial charge in [0.15, 0.2) is 5.82 Å². The minimum Gasteiger partial charge on any atom is -0.322 e. The molecule has 2 aromatic rings. The molecule has 0 fully saturated rings. The second-order valence-electron chi connectivity index (χ2n) is 3.52. The van der Waals surface area contributed by atoms with Crippen LogP contribution in [0.4, 0.5) is 0 Å². The molecule has 0 aliphatic heterocycles. The molecular weight excluding hydrogens is 190 g/mol. The Morgan fingerprint density at radius 1 is 1.47 bits per heavy atom. The number of aromatic amines is 1. The van der Waals surface area contributed by atoms with E-state index < -0.39 is 0 Å². The number of pyridine rings is 1.